The van der Waals surface area contributed by atoms with Crippen LogP contribution in [0.5, 0.6) is 0 Å². The Morgan fingerprint density at radius 3 is 2.85 bits per heavy atom. The maximum Gasteiger partial charge on any atom is 0.221 e. The third-order valence-corrected chi connectivity index (χ3v) is 4.25. The maximum absolute atomic E-state index is 11.9. The third-order valence-electron chi connectivity index (χ3n) is 4.25. The Bertz CT molecular complexity index is 531. The number of ether oxygens (including phenoxy) is 1. The number of halogens is 1. The lowest BCUT2D eigenvalue weighted by Gasteiger charge is -2.13. The van der Waals surface area contributed by atoms with E-state index in [9.17, 15) is 4.79 Å². The van der Waals surface area contributed by atoms with Gasteiger partial charge in [-0.1, -0.05) is 12.8 Å². The molecule has 8 heteroatoms. The van der Waals surface area contributed by atoms with Gasteiger partial charge in [-0.15, -0.1) is 24.0 Å². The number of carbonyl (C=O) groups is 1. The van der Waals surface area contributed by atoms with Crippen LogP contribution in [-0.2, 0) is 16.1 Å². The summed E-state index contributed by atoms with van der Waals surface area (Å²) in [5.41, 5.74) is 0. The number of nitrogens with one attached hydrogen (secondary N) is 3. The molecule has 3 N–H and O–H groups in total. The van der Waals surface area contributed by atoms with Gasteiger partial charge >= 0.3 is 0 Å². The van der Waals surface area contributed by atoms with Crippen molar-refractivity contribution in [2.45, 2.75) is 58.1 Å². The lowest BCUT2D eigenvalue weighted by atomic mass is 10.2. The zero-order valence-corrected chi connectivity index (χ0v) is 18.5. The van der Waals surface area contributed by atoms with Crippen molar-refractivity contribution in [3.63, 3.8) is 0 Å². The van der Waals surface area contributed by atoms with Crippen LogP contribution in [0.2, 0.25) is 0 Å². The molecule has 154 valence electrons. The molecule has 1 aromatic rings. The van der Waals surface area contributed by atoms with Gasteiger partial charge in [0.25, 0.3) is 0 Å². The van der Waals surface area contributed by atoms with Crippen LogP contribution in [-0.4, -0.2) is 44.1 Å². The highest BCUT2D eigenvalue weighted by atomic mass is 127. The second kappa shape index (κ2) is 14.7. The van der Waals surface area contributed by atoms with Gasteiger partial charge in [0.15, 0.2) is 5.96 Å². The summed E-state index contributed by atoms with van der Waals surface area (Å²) >= 11 is 0. The highest BCUT2D eigenvalue weighted by Gasteiger charge is 2.16. The molecule has 0 atom stereocenters. The van der Waals surface area contributed by atoms with E-state index in [1.807, 2.05) is 19.1 Å². The average Bonchev–Trinajstić information content (AvgIpc) is 3.31. The molecule has 0 radical (unpaired) electrons. The largest absolute Gasteiger partial charge is 0.467 e. The molecule has 1 aliphatic rings. The zero-order valence-electron chi connectivity index (χ0n) is 16.2. The van der Waals surface area contributed by atoms with Gasteiger partial charge in [-0.3, -0.25) is 9.79 Å². The second-order valence-electron chi connectivity index (χ2n) is 6.47. The molecule has 1 heterocycles. The van der Waals surface area contributed by atoms with Gasteiger partial charge in [0, 0.05) is 38.7 Å². The highest BCUT2D eigenvalue weighted by molar-refractivity contribution is 14.0. The summed E-state index contributed by atoms with van der Waals surface area (Å²) in [5, 5.41) is 9.51. The summed E-state index contributed by atoms with van der Waals surface area (Å²) in [6.07, 6.45) is 7.63. The summed E-state index contributed by atoms with van der Waals surface area (Å²) < 4.78 is 10.7. The van der Waals surface area contributed by atoms with Gasteiger partial charge in [-0.05, 0) is 38.3 Å². The van der Waals surface area contributed by atoms with Crippen LogP contribution in [0.3, 0.4) is 0 Å². The molecule has 7 nitrogen and oxygen atoms in total. The van der Waals surface area contributed by atoms with Crippen molar-refractivity contribution in [3.05, 3.63) is 24.2 Å². The summed E-state index contributed by atoms with van der Waals surface area (Å²) in [6, 6.07) is 4.13. The number of amides is 1. The smallest absolute Gasteiger partial charge is 0.221 e. The van der Waals surface area contributed by atoms with Crippen molar-refractivity contribution >= 4 is 35.8 Å². The molecular formula is C19H33IN4O3. The van der Waals surface area contributed by atoms with E-state index >= 15 is 0 Å². The van der Waals surface area contributed by atoms with E-state index in [-0.39, 0.29) is 29.9 Å². The van der Waals surface area contributed by atoms with Gasteiger partial charge in [-0.2, -0.15) is 0 Å². The minimum atomic E-state index is 0. The molecule has 0 spiro atoms. The number of hydrogen-bond donors (Lipinski definition) is 3. The fourth-order valence-electron chi connectivity index (χ4n) is 2.93. The standard InChI is InChI=1S/C19H32N4O3.HI/c1-2-20-19(21-11-6-13-25-15-17-9-5-14-26-17)22-12-10-18(24)23-16-7-3-4-8-16;/h5,9,14,16H,2-4,6-8,10-13,15H2,1H3,(H,23,24)(H2,20,21,22);1H. The first-order valence-corrected chi connectivity index (χ1v) is 9.69. The van der Waals surface area contributed by atoms with Crippen molar-refractivity contribution in [3.8, 4) is 0 Å². The molecule has 1 fully saturated rings. The minimum Gasteiger partial charge on any atom is -0.467 e. The van der Waals surface area contributed by atoms with Crippen LogP contribution in [0.25, 0.3) is 0 Å². The first-order chi connectivity index (χ1) is 12.8. The molecular weight excluding hydrogens is 459 g/mol. The lowest BCUT2D eigenvalue weighted by Crippen LogP contribution is -2.40. The molecule has 0 unspecified atom stereocenters. The molecule has 0 aliphatic heterocycles. The number of nitrogens with zero attached hydrogens (tertiary/aromatic N) is 1. The second-order valence-corrected chi connectivity index (χ2v) is 6.47. The molecule has 0 bridgehead atoms. The van der Waals surface area contributed by atoms with Crippen LogP contribution in [0, 0.1) is 0 Å². The molecule has 1 aromatic heterocycles. The first-order valence-electron chi connectivity index (χ1n) is 9.69. The maximum atomic E-state index is 11.9. The molecule has 1 aliphatic carbocycles. The van der Waals surface area contributed by atoms with Crippen LogP contribution >= 0.6 is 24.0 Å². The Kier molecular flexibility index (Phi) is 13.0. The number of carbonyl (C=O) groups excluding carboxylic acids is 1. The van der Waals surface area contributed by atoms with E-state index in [1.54, 1.807) is 6.26 Å². The number of guanidine groups is 1. The SMILES string of the molecule is CCNC(=NCCCOCc1ccco1)NCCC(=O)NC1CCCC1.I. The first kappa shape index (κ1) is 23.7. The zero-order chi connectivity index (χ0) is 18.5. The average molecular weight is 492 g/mol. The fourth-order valence-corrected chi connectivity index (χ4v) is 2.93. The number of rotatable bonds is 11. The lowest BCUT2D eigenvalue weighted by molar-refractivity contribution is -0.121. The predicted octanol–water partition coefficient (Wildman–Crippen LogP) is 2.81. The van der Waals surface area contributed by atoms with Crippen LogP contribution < -0.4 is 16.0 Å². The van der Waals surface area contributed by atoms with Crippen molar-refractivity contribution in [2.75, 3.05) is 26.2 Å². The molecule has 2 rings (SSSR count). The number of hydrogen-bond acceptors (Lipinski definition) is 4. The topological polar surface area (TPSA) is 87.9 Å². The van der Waals surface area contributed by atoms with Crippen LogP contribution in [0.15, 0.2) is 27.8 Å². The monoisotopic (exact) mass is 492 g/mol. The normalized spacial score (nSPS) is 14.6. The van der Waals surface area contributed by atoms with Crippen molar-refractivity contribution in [1.82, 2.24) is 16.0 Å². The minimum absolute atomic E-state index is 0. The van der Waals surface area contributed by atoms with Gasteiger partial charge in [0.05, 0.1) is 6.26 Å². The van der Waals surface area contributed by atoms with Crippen LogP contribution in [0.4, 0.5) is 0 Å². The van der Waals surface area contributed by atoms with E-state index in [0.717, 1.165) is 37.5 Å². The van der Waals surface area contributed by atoms with E-state index in [4.69, 9.17) is 9.15 Å². The molecule has 1 amide bonds. The Morgan fingerprint density at radius 2 is 2.15 bits per heavy atom. The summed E-state index contributed by atoms with van der Waals surface area (Å²) in [7, 11) is 0. The third kappa shape index (κ3) is 10.6. The molecule has 1 saturated carbocycles. The van der Waals surface area contributed by atoms with Crippen molar-refractivity contribution in [2.24, 2.45) is 4.99 Å². The van der Waals surface area contributed by atoms with Crippen molar-refractivity contribution in [1.29, 1.82) is 0 Å². The van der Waals surface area contributed by atoms with E-state index in [2.05, 4.69) is 20.9 Å². The van der Waals surface area contributed by atoms with E-state index in [0.29, 0.717) is 38.8 Å². The van der Waals surface area contributed by atoms with E-state index in [1.165, 1.54) is 12.8 Å². The van der Waals surface area contributed by atoms with Gasteiger partial charge in [-0.25, -0.2) is 0 Å². The van der Waals surface area contributed by atoms with Crippen molar-refractivity contribution < 1.29 is 13.9 Å². The Labute approximate surface area is 179 Å². The Hall–Kier alpha value is -1.29. The predicted molar refractivity (Wildman–Crippen MR) is 117 cm³/mol. The summed E-state index contributed by atoms with van der Waals surface area (Å²) in [5.74, 6) is 1.69. The molecule has 0 aromatic carbocycles. The van der Waals surface area contributed by atoms with Crippen LogP contribution in [0.1, 0.15) is 51.2 Å². The van der Waals surface area contributed by atoms with Gasteiger partial charge in [0.2, 0.25) is 5.91 Å². The summed E-state index contributed by atoms with van der Waals surface area (Å²) in [6.45, 7) is 5.19. The van der Waals surface area contributed by atoms with Gasteiger partial charge < -0.3 is 25.1 Å². The van der Waals surface area contributed by atoms with E-state index < -0.39 is 0 Å². The molecule has 0 saturated heterocycles. The highest BCUT2D eigenvalue weighted by Crippen LogP contribution is 2.17. The summed E-state index contributed by atoms with van der Waals surface area (Å²) in [4.78, 5) is 16.4. The van der Waals surface area contributed by atoms with Gasteiger partial charge in [0.1, 0.15) is 12.4 Å². The number of aliphatic imine (C=N–C) groups is 1. The fraction of sp³-hybridized carbons (Fsp3) is 0.684. The quantitative estimate of drug-likeness (QED) is 0.192. The Balaban J connectivity index is 0.00000364. The molecule has 27 heavy (non-hydrogen) atoms. The Morgan fingerprint density at radius 1 is 1.33 bits per heavy atom. The number of furan rings is 1.